The van der Waals surface area contributed by atoms with Crippen molar-refractivity contribution in [3.05, 3.63) is 69.5 Å². The number of halogens is 1. The summed E-state index contributed by atoms with van der Waals surface area (Å²) in [4.78, 5) is 33.8. The first kappa shape index (κ1) is 19.8. The number of para-hydroxylation sites is 1. The Labute approximate surface area is 154 Å². The third-order valence-corrected chi connectivity index (χ3v) is 3.49. The Hall–Kier alpha value is -3.49. The summed E-state index contributed by atoms with van der Waals surface area (Å²) in [7, 11) is 0. The van der Waals surface area contributed by atoms with Crippen LogP contribution in [0.1, 0.15) is 15.9 Å². The molecule has 0 saturated heterocycles. The minimum atomic E-state index is -0.695. The predicted octanol–water partition coefficient (Wildman–Crippen LogP) is 2.39. The molecule has 2 aromatic carbocycles. The van der Waals surface area contributed by atoms with Gasteiger partial charge in [-0.3, -0.25) is 19.7 Å². The van der Waals surface area contributed by atoms with E-state index < -0.39 is 22.6 Å². The lowest BCUT2D eigenvalue weighted by molar-refractivity contribution is -0.385. The van der Waals surface area contributed by atoms with Crippen molar-refractivity contribution in [1.29, 1.82) is 0 Å². The Morgan fingerprint density at radius 1 is 1.19 bits per heavy atom. The molecule has 1 amide bonds. The summed E-state index contributed by atoms with van der Waals surface area (Å²) in [6.07, 6.45) is 0. The fraction of sp³-hybridized carbons (Fsp3) is 0.222. The Kier molecular flexibility index (Phi) is 6.81. The number of nitrogens with one attached hydrogen (secondary N) is 1. The van der Waals surface area contributed by atoms with E-state index in [4.69, 9.17) is 9.47 Å². The van der Waals surface area contributed by atoms with Gasteiger partial charge in [-0.1, -0.05) is 12.1 Å². The van der Waals surface area contributed by atoms with E-state index >= 15 is 0 Å². The van der Waals surface area contributed by atoms with Crippen molar-refractivity contribution in [2.75, 3.05) is 19.8 Å². The largest absolute Gasteiger partial charge is 0.487 e. The maximum Gasteiger partial charge on any atom is 0.325 e. The average molecular weight is 376 g/mol. The van der Waals surface area contributed by atoms with Gasteiger partial charge in [0.15, 0.2) is 11.6 Å². The number of amides is 1. The number of nitro benzene ring substituents is 1. The third kappa shape index (κ3) is 5.77. The van der Waals surface area contributed by atoms with Crippen LogP contribution in [0.2, 0.25) is 0 Å². The average Bonchev–Trinajstić information content (AvgIpc) is 2.64. The monoisotopic (exact) mass is 376 g/mol. The topological polar surface area (TPSA) is 108 Å². The first-order valence-corrected chi connectivity index (χ1v) is 7.94. The lowest BCUT2D eigenvalue weighted by Crippen LogP contribution is -2.31. The van der Waals surface area contributed by atoms with Gasteiger partial charge in [0.05, 0.1) is 4.92 Å². The molecule has 0 radical (unpaired) electrons. The Balaban J connectivity index is 1.73. The van der Waals surface area contributed by atoms with Crippen molar-refractivity contribution in [3.63, 3.8) is 0 Å². The van der Waals surface area contributed by atoms with Crippen LogP contribution in [0.25, 0.3) is 0 Å². The number of aryl methyl sites for hydroxylation is 1. The molecule has 142 valence electrons. The molecular formula is C18H17FN2O6. The van der Waals surface area contributed by atoms with Crippen molar-refractivity contribution < 1.29 is 28.4 Å². The van der Waals surface area contributed by atoms with Gasteiger partial charge in [-0.15, -0.1) is 0 Å². The second-order valence-electron chi connectivity index (χ2n) is 5.44. The third-order valence-electron chi connectivity index (χ3n) is 3.49. The molecule has 0 saturated carbocycles. The molecule has 0 aromatic heterocycles. The van der Waals surface area contributed by atoms with Crippen molar-refractivity contribution in [2.24, 2.45) is 0 Å². The van der Waals surface area contributed by atoms with Crippen molar-refractivity contribution in [3.8, 4) is 5.75 Å². The number of benzene rings is 2. The summed E-state index contributed by atoms with van der Waals surface area (Å²) in [6, 6.07) is 9.72. The molecule has 1 N–H and O–H groups in total. The van der Waals surface area contributed by atoms with Crippen LogP contribution in [0.5, 0.6) is 5.75 Å². The van der Waals surface area contributed by atoms with Gasteiger partial charge in [-0.25, -0.2) is 4.39 Å². The van der Waals surface area contributed by atoms with Crippen LogP contribution in [0, 0.1) is 22.9 Å². The molecule has 0 heterocycles. The summed E-state index contributed by atoms with van der Waals surface area (Å²) in [5, 5.41) is 13.1. The normalized spacial score (nSPS) is 10.1. The quantitative estimate of drug-likeness (QED) is 0.328. The van der Waals surface area contributed by atoms with Crippen LogP contribution < -0.4 is 10.1 Å². The first-order chi connectivity index (χ1) is 12.9. The number of hydrogen-bond donors (Lipinski definition) is 1. The fourth-order valence-corrected chi connectivity index (χ4v) is 2.18. The highest BCUT2D eigenvalue weighted by molar-refractivity contribution is 5.96. The number of nitro groups is 1. The van der Waals surface area contributed by atoms with Crippen LogP contribution in [-0.2, 0) is 9.53 Å². The molecule has 9 heteroatoms. The zero-order valence-corrected chi connectivity index (χ0v) is 14.4. The van der Waals surface area contributed by atoms with E-state index in [1.54, 1.807) is 6.07 Å². The number of ether oxygens (including phenoxy) is 2. The summed E-state index contributed by atoms with van der Waals surface area (Å²) in [5.74, 6) is -1.73. The fourth-order valence-electron chi connectivity index (χ4n) is 2.18. The molecule has 0 aliphatic heterocycles. The molecule has 2 rings (SSSR count). The Morgan fingerprint density at radius 2 is 1.93 bits per heavy atom. The zero-order chi connectivity index (χ0) is 19.8. The highest BCUT2D eigenvalue weighted by Crippen LogP contribution is 2.18. The number of carbonyl (C=O) groups is 2. The Bertz CT molecular complexity index is 855. The zero-order valence-electron chi connectivity index (χ0n) is 14.4. The summed E-state index contributed by atoms with van der Waals surface area (Å²) in [5.41, 5.74) is 0.426. The highest BCUT2D eigenvalue weighted by atomic mass is 19.1. The van der Waals surface area contributed by atoms with E-state index in [1.807, 2.05) is 0 Å². The SMILES string of the molecule is Cc1cc(C(=O)NCC(=O)OCCOc2ccccc2F)ccc1[N+](=O)[O-]. The molecule has 27 heavy (non-hydrogen) atoms. The van der Waals surface area contributed by atoms with E-state index in [-0.39, 0.29) is 36.8 Å². The number of hydrogen-bond acceptors (Lipinski definition) is 6. The minimum Gasteiger partial charge on any atom is -0.487 e. The van der Waals surface area contributed by atoms with Crippen molar-refractivity contribution in [1.82, 2.24) is 5.32 Å². The lowest BCUT2D eigenvalue weighted by atomic mass is 10.1. The van der Waals surface area contributed by atoms with E-state index in [2.05, 4.69) is 5.32 Å². The summed E-state index contributed by atoms with van der Waals surface area (Å²) >= 11 is 0. The van der Waals surface area contributed by atoms with Crippen LogP contribution in [-0.4, -0.2) is 36.6 Å². The molecule has 2 aromatic rings. The smallest absolute Gasteiger partial charge is 0.325 e. The molecule has 0 fully saturated rings. The predicted molar refractivity (Wildman–Crippen MR) is 93.0 cm³/mol. The molecule has 8 nitrogen and oxygen atoms in total. The van der Waals surface area contributed by atoms with Gasteiger partial charge in [0.2, 0.25) is 0 Å². The number of nitrogens with zero attached hydrogens (tertiary/aromatic N) is 1. The first-order valence-electron chi connectivity index (χ1n) is 7.94. The molecule has 0 aliphatic rings. The van der Waals surface area contributed by atoms with Gasteiger partial charge in [-0.2, -0.15) is 0 Å². The van der Waals surface area contributed by atoms with Crippen LogP contribution in [0.4, 0.5) is 10.1 Å². The lowest BCUT2D eigenvalue weighted by Gasteiger charge is -2.09. The number of esters is 1. The van der Waals surface area contributed by atoms with Gasteiger partial charge < -0.3 is 14.8 Å². The Morgan fingerprint density at radius 3 is 2.59 bits per heavy atom. The van der Waals surface area contributed by atoms with Gasteiger partial charge in [-0.05, 0) is 31.2 Å². The number of rotatable bonds is 8. The van der Waals surface area contributed by atoms with Gasteiger partial charge in [0.25, 0.3) is 11.6 Å². The molecule has 0 unspecified atom stereocenters. The second kappa shape index (κ2) is 9.27. The number of carbonyl (C=O) groups excluding carboxylic acids is 2. The summed E-state index contributed by atoms with van der Waals surface area (Å²) in [6.45, 7) is 0.981. The van der Waals surface area contributed by atoms with E-state index in [1.165, 1.54) is 43.3 Å². The van der Waals surface area contributed by atoms with E-state index in [0.717, 1.165) is 0 Å². The van der Waals surface area contributed by atoms with E-state index in [9.17, 15) is 24.1 Å². The van der Waals surface area contributed by atoms with Crippen molar-refractivity contribution >= 4 is 17.6 Å². The standard InChI is InChI=1S/C18H17FN2O6/c1-12-10-13(6-7-15(12)21(24)25)18(23)20-11-17(22)27-9-8-26-16-5-3-2-4-14(16)19/h2-7,10H,8-9,11H2,1H3,(H,20,23). The van der Waals surface area contributed by atoms with Crippen LogP contribution >= 0.6 is 0 Å². The molecule has 0 spiro atoms. The van der Waals surface area contributed by atoms with Gasteiger partial charge in [0, 0.05) is 17.2 Å². The van der Waals surface area contributed by atoms with Crippen LogP contribution in [0.3, 0.4) is 0 Å². The maximum absolute atomic E-state index is 13.3. The molecule has 0 atom stereocenters. The highest BCUT2D eigenvalue weighted by Gasteiger charge is 2.14. The molecule has 0 bridgehead atoms. The summed E-state index contributed by atoms with van der Waals surface area (Å²) < 4.78 is 23.3. The second-order valence-corrected chi connectivity index (χ2v) is 5.44. The van der Waals surface area contributed by atoms with Crippen molar-refractivity contribution in [2.45, 2.75) is 6.92 Å². The van der Waals surface area contributed by atoms with Gasteiger partial charge in [0.1, 0.15) is 19.8 Å². The van der Waals surface area contributed by atoms with Crippen LogP contribution in [0.15, 0.2) is 42.5 Å². The van der Waals surface area contributed by atoms with Gasteiger partial charge >= 0.3 is 5.97 Å². The van der Waals surface area contributed by atoms with E-state index in [0.29, 0.717) is 5.56 Å². The molecular weight excluding hydrogens is 359 g/mol. The minimum absolute atomic E-state index is 0.0395. The molecule has 0 aliphatic carbocycles. The maximum atomic E-state index is 13.3.